The van der Waals surface area contributed by atoms with Gasteiger partial charge in [-0.1, -0.05) is 48.5 Å². The molecule has 1 amide bonds. The fraction of sp³-hybridized carbons (Fsp3) is 0.292. The lowest BCUT2D eigenvalue weighted by atomic mass is 9.82. The molecule has 0 saturated carbocycles. The number of nitriles is 2. The first-order valence-electron chi connectivity index (χ1n) is 9.65. The third kappa shape index (κ3) is 4.84. The van der Waals surface area contributed by atoms with Gasteiger partial charge in [-0.15, -0.1) is 11.8 Å². The molecule has 0 bridgehead atoms. The first-order valence-corrected chi connectivity index (χ1v) is 10.6. The van der Waals surface area contributed by atoms with Gasteiger partial charge < -0.3 is 10.1 Å². The Morgan fingerprint density at radius 2 is 1.73 bits per heavy atom. The molecule has 0 saturated heterocycles. The average molecular weight is 418 g/mol. The molecule has 2 aromatic rings. The number of ether oxygens (including phenoxy) is 1. The molecule has 2 aromatic carbocycles. The van der Waals surface area contributed by atoms with Gasteiger partial charge in [0.2, 0.25) is 0 Å². The molecule has 1 aliphatic heterocycles. The van der Waals surface area contributed by atoms with Crippen molar-refractivity contribution in [1.82, 2.24) is 5.32 Å². The monoisotopic (exact) mass is 417 g/mol. The van der Waals surface area contributed by atoms with Gasteiger partial charge in [-0.3, -0.25) is 0 Å². The Morgan fingerprint density at radius 1 is 1.10 bits per heavy atom. The first-order chi connectivity index (χ1) is 14.3. The summed E-state index contributed by atoms with van der Waals surface area (Å²) in [5, 5.41) is 22.3. The maximum atomic E-state index is 12.7. The smallest absolute Gasteiger partial charge is 0.408 e. The molecule has 2 atom stereocenters. The minimum Gasteiger partial charge on any atom is -0.444 e. The number of nitrogens with one attached hydrogen (secondary N) is 1. The Balaban J connectivity index is 2.10. The van der Waals surface area contributed by atoms with Crippen LogP contribution in [0.15, 0.2) is 65.1 Å². The molecule has 5 nitrogen and oxygen atoms in total. The second-order valence-corrected chi connectivity index (χ2v) is 9.02. The van der Waals surface area contributed by atoms with Crippen molar-refractivity contribution in [2.24, 2.45) is 5.92 Å². The van der Waals surface area contributed by atoms with Crippen LogP contribution >= 0.6 is 11.8 Å². The summed E-state index contributed by atoms with van der Waals surface area (Å²) in [6.45, 7) is 5.43. The van der Waals surface area contributed by atoms with Crippen LogP contribution in [-0.2, 0) is 4.74 Å². The first kappa shape index (κ1) is 21.5. The number of nitrogens with zero attached hydrogens (tertiary/aromatic N) is 2. The minimum atomic E-state index is -0.637. The van der Waals surface area contributed by atoms with Gasteiger partial charge in [0.15, 0.2) is 0 Å². The summed E-state index contributed by atoms with van der Waals surface area (Å²) in [6, 6.07) is 21.0. The van der Waals surface area contributed by atoms with Gasteiger partial charge in [0.1, 0.15) is 23.3 Å². The van der Waals surface area contributed by atoms with E-state index in [1.807, 2.05) is 75.4 Å². The molecular formula is C24H23N3O2S. The molecule has 0 radical (unpaired) electrons. The van der Waals surface area contributed by atoms with Crippen LogP contribution in [0.25, 0.3) is 5.57 Å². The van der Waals surface area contributed by atoms with Crippen LogP contribution in [0.5, 0.6) is 0 Å². The predicted octanol–water partition coefficient (Wildman–Crippen LogP) is 5.48. The van der Waals surface area contributed by atoms with Crippen molar-refractivity contribution in [2.75, 3.05) is 5.75 Å². The Kier molecular flexibility index (Phi) is 6.50. The molecule has 152 valence electrons. The maximum Gasteiger partial charge on any atom is 0.408 e. The molecule has 30 heavy (non-hydrogen) atoms. The predicted molar refractivity (Wildman–Crippen MR) is 117 cm³/mol. The molecule has 0 aromatic heterocycles. The second kappa shape index (κ2) is 9.07. The number of hydrogen-bond donors (Lipinski definition) is 1. The highest BCUT2D eigenvalue weighted by Crippen LogP contribution is 2.46. The fourth-order valence-corrected chi connectivity index (χ4v) is 4.74. The van der Waals surface area contributed by atoms with Crippen LogP contribution in [0.2, 0.25) is 0 Å². The summed E-state index contributed by atoms with van der Waals surface area (Å²) >= 11 is 1.66. The molecule has 0 fully saturated rings. The van der Waals surface area contributed by atoms with E-state index in [0.717, 1.165) is 16.0 Å². The van der Waals surface area contributed by atoms with Crippen molar-refractivity contribution in [3.63, 3.8) is 0 Å². The zero-order valence-electron chi connectivity index (χ0n) is 17.2. The number of fused-ring (bicyclic) bond motifs is 1. The van der Waals surface area contributed by atoms with Gasteiger partial charge in [0.05, 0.1) is 6.04 Å². The minimum absolute atomic E-state index is 0.0691. The average Bonchev–Trinajstić information content (AvgIpc) is 2.72. The Hall–Kier alpha value is -3.22. The zero-order valence-corrected chi connectivity index (χ0v) is 18.0. The van der Waals surface area contributed by atoms with E-state index in [-0.39, 0.29) is 11.5 Å². The van der Waals surface area contributed by atoms with E-state index in [0.29, 0.717) is 11.3 Å². The Bertz CT molecular complexity index is 1030. The summed E-state index contributed by atoms with van der Waals surface area (Å²) < 4.78 is 5.50. The lowest BCUT2D eigenvalue weighted by Gasteiger charge is -2.35. The van der Waals surface area contributed by atoms with Crippen LogP contribution in [-0.4, -0.2) is 17.4 Å². The number of benzene rings is 2. The highest BCUT2D eigenvalue weighted by molar-refractivity contribution is 7.99. The third-order valence-corrected chi connectivity index (χ3v) is 5.89. The van der Waals surface area contributed by atoms with E-state index in [2.05, 4.69) is 17.5 Å². The number of carbonyl (C=O) groups is 1. The molecule has 0 aliphatic carbocycles. The van der Waals surface area contributed by atoms with Gasteiger partial charge in [-0.25, -0.2) is 4.79 Å². The van der Waals surface area contributed by atoms with Gasteiger partial charge in [0, 0.05) is 16.6 Å². The van der Waals surface area contributed by atoms with E-state index in [4.69, 9.17) is 4.74 Å². The lowest BCUT2D eigenvalue weighted by Crippen LogP contribution is -2.39. The van der Waals surface area contributed by atoms with E-state index >= 15 is 0 Å². The van der Waals surface area contributed by atoms with E-state index in [1.165, 1.54) is 0 Å². The Morgan fingerprint density at radius 3 is 2.37 bits per heavy atom. The van der Waals surface area contributed by atoms with E-state index < -0.39 is 17.7 Å². The molecule has 0 unspecified atom stereocenters. The number of amides is 1. The molecule has 6 heteroatoms. The van der Waals surface area contributed by atoms with Crippen molar-refractivity contribution < 1.29 is 9.53 Å². The van der Waals surface area contributed by atoms with Crippen LogP contribution < -0.4 is 5.32 Å². The van der Waals surface area contributed by atoms with Crippen molar-refractivity contribution in [3.05, 3.63) is 71.3 Å². The lowest BCUT2D eigenvalue weighted by molar-refractivity contribution is 0.0495. The maximum absolute atomic E-state index is 12.7. The molecule has 0 spiro atoms. The van der Waals surface area contributed by atoms with E-state index in [1.54, 1.807) is 11.8 Å². The van der Waals surface area contributed by atoms with Crippen LogP contribution in [0.3, 0.4) is 0 Å². The van der Waals surface area contributed by atoms with Crippen LogP contribution in [0.1, 0.15) is 37.9 Å². The largest absolute Gasteiger partial charge is 0.444 e. The topological polar surface area (TPSA) is 85.9 Å². The summed E-state index contributed by atoms with van der Waals surface area (Å²) in [5.74, 6) is 0.350. The van der Waals surface area contributed by atoms with E-state index in [9.17, 15) is 15.3 Å². The van der Waals surface area contributed by atoms with Crippen molar-refractivity contribution in [2.45, 2.75) is 37.3 Å². The normalized spacial score (nSPS) is 16.4. The second-order valence-electron chi connectivity index (χ2n) is 7.96. The van der Waals surface area contributed by atoms with Crippen molar-refractivity contribution >= 4 is 23.4 Å². The van der Waals surface area contributed by atoms with Gasteiger partial charge in [-0.05, 0) is 43.5 Å². The van der Waals surface area contributed by atoms with Gasteiger partial charge in [-0.2, -0.15) is 10.5 Å². The van der Waals surface area contributed by atoms with Gasteiger partial charge in [0.25, 0.3) is 0 Å². The standard InChI is InChI=1S/C24H23N3O2S/c1-24(2,3)29-23(28)27-22(16-9-5-4-6-10-16)19-15-30-20-12-8-7-11-18(20)21(19)17(13-25)14-26/h4-12,19,22H,15H2,1-3H3,(H,27,28)/t19-,22+/m1/s1. The van der Waals surface area contributed by atoms with Crippen LogP contribution in [0, 0.1) is 28.6 Å². The number of alkyl carbamates (subject to hydrolysis) is 1. The molecule has 1 aliphatic rings. The number of rotatable bonds is 3. The summed E-state index contributed by atoms with van der Waals surface area (Å²) in [7, 11) is 0. The van der Waals surface area contributed by atoms with Crippen molar-refractivity contribution in [1.29, 1.82) is 10.5 Å². The van der Waals surface area contributed by atoms with Gasteiger partial charge >= 0.3 is 6.09 Å². The number of thioether (sulfide) groups is 1. The summed E-state index contributed by atoms with van der Waals surface area (Å²) in [4.78, 5) is 13.7. The highest BCUT2D eigenvalue weighted by Gasteiger charge is 2.36. The SMILES string of the molecule is CC(C)(C)OC(=O)N[C@@H](c1ccccc1)[C@@H]1CSc2ccccc2C1=C(C#N)C#N. The molecule has 3 rings (SSSR count). The Labute approximate surface area is 181 Å². The van der Waals surface area contributed by atoms with Crippen LogP contribution in [0.4, 0.5) is 4.79 Å². The summed E-state index contributed by atoms with van der Waals surface area (Å²) in [6.07, 6.45) is -0.532. The molecular weight excluding hydrogens is 394 g/mol. The quantitative estimate of drug-likeness (QED) is 0.669. The highest BCUT2D eigenvalue weighted by atomic mass is 32.2. The zero-order chi connectivity index (χ0) is 21.7. The summed E-state index contributed by atoms with van der Waals surface area (Å²) in [5.41, 5.74) is 1.85. The molecule has 1 N–H and O–H groups in total. The molecule has 1 heterocycles. The van der Waals surface area contributed by atoms with Crippen molar-refractivity contribution in [3.8, 4) is 12.1 Å². The number of allylic oxidation sites excluding steroid dienone is 1. The fourth-order valence-electron chi connectivity index (χ4n) is 3.52. The number of carbonyl (C=O) groups excluding carboxylic acids is 1. The number of hydrogen-bond acceptors (Lipinski definition) is 5. The third-order valence-electron chi connectivity index (χ3n) is 4.69.